The van der Waals surface area contributed by atoms with Crippen LogP contribution in [0.1, 0.15) is 25.3 Å². The largest absolute Gasteiger partial charge is 0.461 e. The number of carbonyl (C=O) groups is 1. The molecule has 15 heavy (non-hydrogen) atoms. The van der Waals surface area contributed by atoms with Crippen molar-refractivity contribution in [1.82, 2.24) is 0 Å². The summed E-state index contributed by atoms with van der Waals surface area (Å²) in [6.45, 7) is 2.23. The first kappa shape index (κ1) is 11.7. The number of ether oxygens (including phenoxy) is 1. The molecular weight excluding hydrogens is 190 g/mol. The van der Waals surface area contributed by atoms with Crippen molar-refractivity contribution in [3.05, 3.63) is 35.9 Å². The van der Waals surface area contributed by atoms with Crippen LogP contribution in [0.15, 0.2) is 30.3 Å². The standard InChI is InChI=1S/C12H17NO2/c1-10(13)7-8-12(14)15-9-11-5-3-2-4-6-11/h2-6,10H,7-9,13H2,1H3/t10-/m0/s1. The first-order valence-corrected chi connectivity index (χ1v) is 5.13. The monoisotopic (exact) mass is 207 g/mol. The minimum absolute atomic E-state index is 0.0503. The van der Waals surface area contributed by atoms with E-state index in [0.29, 0.717) is 19.4 Å². The molecule has 0 aliphatic rings. The second kappa shape index (κ2) is 6.19. The predicted molar refractivity (Wildman–Crippen MR) is 59.1 cm³/mol. The predicted octanol–water partition coefficient (Wildman–Crippen LogP) is 1.86. The molecule has 1 aromatic rings. The van der Waals surface area contributed by atoms with Gasteiger partial charge >= 0.3 is 5.97 Å². The third kappa shape index (κ3) is 5.18. The van der Waals surface area contributed by atoms with Crippen molar-refractivity contribution >= 4 is 5.97 Å². The lowest BCUT2D eigenvalue weighted by Crippen LogP contribution is -2.17. The van der Waals surface area contributed by atoms with Crippen molar-refractivity contribution in [2.75, 3.05) is 0 Å². The summed E-state index contributed by atoms with van der Waals surface area (Å²) in [5.74, 6) is -0.184. The van der Waals surface area contributed by atoms with Gasteiger partial charge in [0.2, 0.25) is 0 Å². The Balaban J connectivity index is 2.23. The molecule has 0 spiro atoms. The minimum atomic E-state index is -0.184. The van der Waals surface area contributed by atoms with Gasteiger partial charge in [0.25, 0.3) is 0 Å². The maximum absolute atomic E-state index is 11.2. The molecular formula is C12H17NO2. The van der Waals surface area contributed by atoms with E-state index in [0.717, 1.165) is 5.56 Å². The molecule has 0 aliphatic heterocycles. The van der Waals surface area contributed by atoms with E-state index in [1.807, 2.05) is 37.3 Å². The van der Waals surface area contributed by atoms with E-state index in [4.69, 9.17) is 10.5 Å². The van der Waals surface area contributed by atoms with Crippen LogP contribution in [0, 0.1) is 0 Å². The summed E-state index contributed by atoms with van der Waals surface area (Å²) >= 11 is 0. The highest BCUT2D eigenvalue weighted by molar-refractivity contribution is 5.69. The molecule has 3 nitrogen and oxygen atoms in total. The quantitative estimate of drug-likeness (QED) is 0.750. The fourth-order valence-electron chi connectivity index (χ4n) is 1.16. The number of esters is 1. The molecule has 0 aromatic heterocycles. The Bertz CT molecular complexity index is 296. The van der Waals surface area contributed by atoms with Crippen LogP contribution >= 0.6 is 0 Å². The summed E-state index contributed by atoms with van der Waals surface area (Å²) in [5.41, 5.74) is 6.55. The number of carbonyl (C=O) groups excluding carboxylic acids is 1. The van der Waals surface area contributed by atoms with Crippen LogP contribution in [-0.4, -0.2) is 12.0 Å². The molecule has 1 atom stereocenters. The molecule has 2 N–H and O–H groups in total. The highest BCUT2D eigenvalue weighted by atomic mass is 16.5. The summed E-state index contributed by atoms with van der Waals surface area (Å²) in [5, 5.41) is 0. The Morgan fingerprint density at radius 3 is 2.67 bits per heavy atom. The summed E-state index contributed by atoms with van der Waals surface area (Å²) in [4.78, 5) is 11.2. The van der Waals surface area contributed by atoms with Crippen molar-refractivity contribution in [3.63, 3.8) is 0 Å². The zero-order chi connectivity index (χ0) is 11.1. The van der Waals surface area contributed by atoms with E-state index in [2.05, 4.69) is 0 Å². The van der Waals surface area contributed by atoms with Gasteiger partial charge in [0.05, 0.1) is 0 Å². The van der Waals surface area contributed by atoms with Gasteiger partial charge in [-0.25, -0.2) is 0 Å². The molecule has 0 bridgehead atoms. The van der Waals surface area contributed by atoms with Crippen molar-refractivity contribution in [3.8, 4) is 0 Å². The molecule has 1 rings (SSSR count). The topological polar surface area (TPSA) is 52.3 Å². The molecule has 82 valence electrons. The van der Waals surface area contributed by atoms with E-state index in [-0.39, 0.29) is 12.0 Å². The van der Waals surface area contributed by atoms with E-state index in [1.165, 1.54) is 0 Å². The van der Waals surface area contributed by atoms with Crippen LogP contribution in [0.4, 0.5) is 0 Å². The molecule has 1 aromatic carbocycles. The van der Waals surface area contributed by atoms with Gasteiger partial charge in [0.15, 0.2) is 0 Å². The highest BCUT2D eigenvalue weighted by Crippen LogP contribution is 2.03. The van der Waals surface area contributed by atoms with Crippen LogP contribution in [0.2, 0.25) is 0 Å². The van der Waals surface area contributed by atoms with Gasteiger partial charge in [-0.05, 0) is 18.9 Å². The molecule has 3 heteroatoms. The van der Waals surface area contributed by atoms with Gasteiger partial charge in [-0.15, -0.1) is 0 Å². The third-order valence-electron chi connectivity index (χ3n) is 2.05. The average molecular weight is 207 g/mol. The number of benzene rings is 1. The Labute approximate surface area is 90.2 Å². The summed E-state index contributed by atoms with van der Waals surface area (Å²) in [6, 6.07) is 9.68. The number of hydrogen-bond acceptors (Lipinski definition) is 3. The maximum atomic E-state index is 11.2. The van der Waals surface area contributed by atoms with Gasteiger partial charge in [-0.2, -0.15) is 0 Å². The van der Waals surface area contributed by atoms with Crippen molar-refractivity contribution in [2.24, 2.45) is 5.73 Å². The molecule has 0 heterocycles. The molecule has 0 amide bonds. The average Bonchev–Trinajstić information content (AvgIpc) is 2.25. The van der Waals surface area contributed by atoms with Gasteiger partial charge in [0, 0.05) is 12.5 Å². The van der Waals surface area contributed by atoms with E-state index < -0.39 is 0 Å². The lowest BCUT2D eigenvalue weighted by atomic mass is 10.2. The van der Waals surface area contributed by atoms with Crippen molar-refractivity contribution in [1.29, 1.82) is 0 Å². The Morgan fingerprint density at radius 2 is 2.07 bits per heavy atom. The molecule has 0 unspecified atom stereocenters. The molecule has 0 radical (unpaired) electrons. The van der Waals surface area contributed by atoms with Crippen LogP contribution in [0.5, 0.6) is 0 Å². The number of hydrogen-bond donors (Lipinski definition) is 1. The fraction of sp³-hybridized carbons (Fsp3) is 0.417. The smallest absolute Gasteiger partial charge is 0.306 e. The second-order valence-corrected chi connectivity index (χ2v) is 3.66. The van der Waals surface area contributed by atoms with Crippen molar-refractivity contribution in [2.45, 2.75) is 32.4 Å². The summed E-state index contributed by atoms with van der Waals surface area (Å²) in [6.07, 6.45) is 1.07. The van der Waals surface area contributed by atoms with Gasteiger partial charge in [0.1, 0.15) is 6.61 Å². The van der Waals surface area contributed by atoms with Gasteiger partial charge in [-0.3, -0.25) is 4.79 Å². The van der Waals surface area contributed by atoms with Crippen LogP contribution in [0.3, 0.4) is 0 Å². The molecule has 0 fully saturated rings. The Morgan fingerprint density at radius 1 is 1.40 bits per heavy atom. The summed E-state index contributed by atoms with van der Waals surface area (Å²) in [7, 11) is 0. The Hall–Kier alpha value is -1.35. The van der Waals surface area contributed by atoms with Crippen molar-refractivity contribution < 1.29 is 9.53 Å². The zero-order valence-corrected chi connectivity index (χ0v) is 8.98. The second-order valence-electron chi connectivity index (χ2n) is 3.66. The van der Waals surface area contributed by atoms with Crippen LogP contribution < -0.4 is 5.73 Å². The maximum Gasteiger partial charge on any atom is 0.306 e. The fourth-order valence-corrected chi connectivity index (χ4v) is 1.16. The van der Waals surface area contributed by atoms with Gasteiger partial charge in [-0.1, -0.05) is 30.3 Å². The van der Waals surface area contributed by atoms with Crippen LogP contribution in [-0.2, 0) is 16.1 Å². The lowest BCUT2D eigenvalue weighted by Gasteiger charge is -2.06. The SMILES string of the molecule is C[C@H](N)CCC(=O)OCc1ccccc1. The minimum Gasteiger partial charge on any atom is -0.461 e. The summed E-state index contributed by atoms with van der Waals surface area (Å²) < 4.78 is 5.08. The normalized spacial score (nSPS) is 12.1. The Kier molecular flexibility index (Phi) is 4.84. The lowest BCUT2D eigenvalue weighted by molar-refractivity contribution is -0.145. The van der Waals surface area contributed by atoms with E-state index in [9.17, 15) is 4.79 Å². The first-order valence-electron chi connectivity index (χ1n) is 5.13. The third-order valence-corrected chi connectivity index (χ3v) is 2.05. The van der Waals surface area contributed by atoms with Gasteiger partial charge < -0.3 is 10.5 Å². The number of rotatable bonds is 5. The van der Waals surface area contributed by atoms with E-state index >= 15 is 0 Å². The highest BCUT2D eigenvalue weighted by Gasteiger charge is 2.04. The van der Waals surface area contributed by atoms with Crippen LogP contribution in [0.25, 0.3) is 0 Å². The zero-order valence-electron chi connectivity index (χ0n) is 8.98. The number of nitrogens with two attached hydrogens (primary N) is 1. The van der Waals surface area contributed by atoms with E-state index in [1.54, 1.807) is 0 Å². The molecule has 0 saturated heterocycles. The molecule has 0 aliphatic carbocycles. The molecule has 0 saturated carbocycles. The first-order chi connectivity index (χ1) is 7.18.